The number of Topliss-reactive ketones (excluding diaryl/α,β-unsaturated/α-hetero) is 1. The van der Waals surface area contributed by atoms with Gasteiger partial charge < -0.3 is 0 Å². The molecule has 0 aromatic heterocycles. The zero-order valence-corrected chi connectivity index (χ0v) is 16.9. The molecule has 2 aromatic rings. The number of ketones is 1. The number of sulfonamides is 1. The van der Waals surface area contributed by atoms with Crippen LogP contribution >= 0.6 is 11.8 Å². The lowest BCUT2D eigenvalue weighted by atomic mass is 9.99. The Morgan fingerprint density at radius 2 is 1.92 bits per heavy atom. The first-order chi connectivity index (χ1) is 12.3. The molecule has 0 spiro atoms. The quantitative estimate of drug-likeness (QED) is 0.573. The number of thioether (sulfide) groups is 1. The maximum Gasteiger partial charge on any atom is 0.232 e. The summed E-state index contributed by atoms with van der Waals surface area (Å²) in [6.07, 6.45) is 2.80. The van der Waals surface area contributed by atoms with Gasteiger partial charge >= 0.3 is 0 Å². The molecular formula is C20H23NO3S2. The highest BCUT2D eigenvalue weighted by molar-refractivity contribution is 8.00. The van der Waals surface area contributed by atoms with Gasteiger partial charge in [-0.1, -0.05) is 17.7 Å². The van der Waals surface area contributed by atoms with Gasteiger partial charge in [0, 0.05) is 17.0 Å². The van der Waals surface area contributed by atoms with E-state index >= 15 is 0 Å². The zero-order chi connectivity index (χ0) is 18.9. The van der Waals surface area contributed by atoms with Crippen molar-refractivity contribution in [2.75, 3.05) is 22.9 Å². The second-order valence-electron chi connectivity index (χ2n) is 6.76. The number of benzene rings is 2. The maximum absolute atomic E-state index is 12.6. The topological polar surface area (TPSA) is 54.5 Å². The first-order valence-corrected chi connectivity index (χ1v) is 11.4. The molecule has 6 heteroatoms. The number of rotatable bonds is 5. The van der Waals surface area contributed by atoms with Crippen LogP contribution in [-0.4, -0.2) is 32.8 Å². The zero-order valence-electron chi connectivity index (χ0n) is 15.3. The highest BCUT2D eigenvalue weighted by atomic mass is 32.2. The van der Waals surface area contributed by atoms with E-state index in [1.165, 1.54) is 21.7 Å². The van der Waals surface area contributed by atoms with E-state index in [1.54, 1.807) is 23.9 Å². The largest absolute Gasteiger partial charge is 0.293 e. The molecule has 3 rings (SSSR count). The molecular weight excluding hydrogens is 366 g/mol. The number of fused-ring (bicyclic) bond motifs is 1. The van der Waals surface area contributed by atoms with Crippen molar-refractivity contribution in [1.82, 2.24) is 0 Å². The maximum atomic E-state index is 12.6. The molecule has 0 unspecified atom stereocenters. The minimum Gasteiger partial charge on any atom is -0.293 e. The molecule has 4 nitrogen and oxygen atoms in total. The van der Waals surface area contributed by atoms with Crippen molar-refractivity contribution in [2.45, 2.75) is 31.6 Å². The van der Waals surface area contributed by atoms with E-state index in [4.69, 9.17) is 0 Å². The number of carbonyl (C=O) groups is 1. The molecule has 26 heavy (non-hydrogen) atoms. The average molecular weight is 390 g/mol. The van der Waals surface area contributed by atoms with E-state index in [-0.39, 0.29) is 5.78 Å². The summed E-state index contributed by atoms with van der Waals surface area (Å²) in [6, 6.07) is 11.6. The molecule has 1 aliphatic heterocycles. The number of aryl methyl sites for hydroxylation is 3. The first kappa shape index (κ1) is 19.0. The lowest BCUT2D eigenvalue weighted by Gasteiger charge is -2.29. The van der Waals surface area contributed by atoms with Crippen LogP contribution in [0, 0.1) is 13.8 Å². The van der Waals surface area contributed by atoms with Crippen molar-refractivity contribution in [1.29, 1.82) is 0 Å². The van der Waals surface area contributed by atoms with Gasteiger partial charge in [0.15, 0.2) is 5.78 Å². The smallest absolute Gasteiger partial charge is 0.232 e. The fraction of sp³-hybridized carbons (Fsp3) is 0.350. The highest BCUT2D eigenvalue weighted by Gasteiger charge is 2.24. The van der Waals surface area contributed by atoms with Gasteiger partial charge in [-0.05, 0) is 62.1 Å². The summed E-state index contributed by atoms with van der Waals surface area (Å²) in [5.74, 6) is 0.438. The van der Waals surface area contributed by atoms with Crippen molar-refractivity contribution in [2.24, 2.45) is 0 Å². The fourth-order valence-electron chi connectivity index (χ4n) is 3.27. The molecule has 0 saturated heterocycles. The molecule has 0 fully saturated rings. The molecule has 0 bridgehead atoms. The predicted molar refractivity (Wildman–Crippen MR) is 108 cm³/mol. The standard InChI is InChI=1S/C20H23NO3S2/c1-14-6-9-20(15(2)11-14)25-13-19(22)17-7-8-18-16(12-17)5-4-10-21(18)26(3,23)24/h6-9,11-12H,4-5,10,13H2,1-3H3. The van der Waals surface area contributed by atoms with Gasteiger partial charge in [-0.15, -0.1) is 11.8 Å². The Balaban J connectivity index is 1.76. The molecule has 0 amide bonds. The summed E-state index contributed by atoms with van der Waals surface area (Å²) >= 11 is 1.55. The number of nitrogens with zero attached hydrogens (tertiary/aromatic N) is 1. The minimum atomic E-state index is -3.28. The molecule has 2 aromatic carbocycles. The van der Waals surface area contributed by atoms with Gasteiger partial charge in [-0.25, -0.2) is 8.42 Å². The average Bonchev–Trinajstić information content (AvgIpc) is 2.59. The summed E-state index contributed by atoms with van der Waals surface area (Å²) < 4.78 is 25.3. The Labute approximate surface area is 159 Å². The summed E-state index contributed by atoms with van der Waals surface area (Å²) in [5.41, 5.74) is 4.68. The van der Waals surface area contributed by atoms with Crippen LogP contribution in [0.4, 0.5) is 5.69 Å². The Morgan fingerprint density at radius 3 is 2.62 bits per heavy atom. The van der Waals surface area contributed by atoms with Gasteiger partial charge in [-0.3, -0.25) is 9.10 Å². The third kappa shape index (κ3) is 4.13. The number of hydrogen-bond acceptors (Lipinski definition) is 4. The highest BCUT2D eigenvalue weighted by Crippen LogP contribution is 2.31. The Kier molecular flexibility index (Phi) is 5.44. The van der Waals surface area contributed by atoms with Gasteiger partial charge in [0.05, 0.1) is 17.7 Å². The Hall–Kier alpha value is -1.79. The number of carbonyl (C=O) groups excluding carboxylic acids is 1. The van der Waals surface area contributed by atoms with Crippen LogP contribution in [-0.2, 0) is 16.4 Å². The van der Waals surface area contributed by atoms with Gasteiger partial charge in [0.1, 0.15) is 0 Å². The SMILES string of the molecule is Cc1ccc(SCC(=O)c2ccc3c(c2)CCCN3S(C)(=O)=O)c(C)c1. The van der Waals surface area contributed by atoms with Crippen LogP contribution in [0.15, 0.2) is 41.3 Å². The fourth-order valence-corrected chi connectivity index (χ4v) is 5.17. The van der Waals surface area contributed by atoms with E-state index in [1.807, 2.05) is 6.07 Å². The molecule has 1 heterocycles. The summed E-state index contributed by atoms with van der Waals surface area (Å²) in [7, 11) is -3.28. The van der Waals surface area contributed by atoms with E-state index in [2.05, 4.69) is 32.0 Å². The van der Waals surface area contributed by atoms with Crippen molar-refractivity contribution in [3.05, 3.63) is 58.7 Å². The molecule has 0 aliphatic carbocycles. The molecule has 0 atom stereocenters. The second kappa shape index (κ2) is 7.45. The molecule has 0 N–H and O–H groups in total. The summed E-state index contributed by atoms with van der Waals surface area (Å²) in [5, 5.41) is 0. The van der Waals surface area contributed by atoms with Crippen LogP contribution < -0.4 is 4.31 Å². The third-order valence-corrected chi connectivity index (χ3v) is 6.92. The predicted octanol–water partition coefficient (Wildman–Crippen LogP) is 3.99. The lowest BCUT2D eigenvalue weighted by molar-refractivity contribution is 0.102. The van der Waals surface area contributed by atoms with Crippen molar-refractivity contribution >= 4 is 33.3 Å². The molecule has 1 aliphatic rings. The number of hydrogen-bond donors (Lipinski definition) is 0. The Bertz CT molecular complexity index is 952. The van der Waals surface area contributed by atoms with Crippen LogP contribution in [0.1, 0.15) is 33.5 Å². The normalized spacial score (nSPS) is 14.2. The third-order valence-electron chi connectivity index (χ3n) is 4.57. The molecule has 0 radical (unpaired) electrons. The summed E-state index contributed by atoms with van der Waals surface area (Å²) in [6.45, 7) is 4.61. The number of anilines is 1. The first-order valence-electron chi connectivity index (χ1n) is 8.59. The summed E-state index contributed by atoms with van der Waals surface area (Å²) in [4.78, 5) is 13.7. The second-order valence-corrected chi connectivity index (χ2v) is 9.69. The van der Waals surface area contributed by atoms with Crippen LogP contribution in [0.2, 0.25) is 0 Å². The van der Waals surface area contributed by atoms with Crippen LogP contribution in [0.25, 0.3) is 0 Å². The van der Waals surface area contributed by atoms with Crippen molar-refractivity contribution in [3.8, 4) is 0 Å². The van der Waals surface area contributed by atoms with Crippen LogP contribution in [0.3, 0.4) is 0 Å². The van der Waals surface area contributed by atoms with Gasteiger partial charge in [-0.2, -0.15) is 0 Å². The van der Waals surface area contributed by atoms with E-state index in [9.17, 15) is 13.2 Å². The van der Waals surface area contributed by atoms with Gasteiger partial charge in [0.2, 0.25) is 10.0 Å². The monoisotopic (exact) mass is 389 g/mol. The lowest BCUT2D eigenvalue weighted by Crippen LogP contribution is -2.34. The molecule has 138 valence electrons. The van der Waals surface area contributed by atoms with Gasteiger partial charge in [0.25, 0.3) is 0 Å². The minimum absolute atomic E-state index is 0.0641. The Morgan fingerprint density at radius 1 is 1.15 bits per heavy atom. The molecule has 0 saturated carbocycles. The van der Waals surface area contributed by atoms with E-state index in [0.717, 1.165) is 23.3 Å². The van der Waals surface area contributed by atoms with Crippen molar-refractivity contribution < 1.29 is 13.2 Å². The van der Waals surface area contributed by atoms with Crippen LogP contribution in [0.5, 0.6) is 0 Å². The van der Waals surface area contributed by atoms with E-state index < -0.39 is 10.0 Å². The van der Waals surface area contributed by atoms with E-state index in [0.29, 0.717) is 23.5 Å². The van der Waals surface area contributed by atoms with Crippen molar-refractivity contribution in [3.63, 3.8) is 0 Å².